The number of rotatable bonds is 8. The van der Waals surface area contributed by atoms with E-state index in [0.29, 0.717) is 34.1 Å². The summed E-state index contributed by atoms with van der Waals surface area (Å²) in [5, 5.41) is 23.4. The highest BCUT2D eigenvalue weighted by atomic mass is 16.5. The molecule has 0 fully saturated rings. The van der Waals surface area contributed by atoms with Gasteiger partial charge < -0.3 is 31.6 Å². The molecule has 0 saturated heterocycles. The standard InChI is InChI=1S/C22H24N6O3/c1-13(2)26-20(30)12-31-17-5-3-4-14(9-17)21-25-11-19(29)22(28-21)27-16-6-7-18(24)15(8-16)10-23/h3-11,13,23,29H,12,24H2,1-2H3,(H,26,30)(H,25,27,28). The van der Waals surface area contributed by atoms with Crippen LogP contribution in [0, 0.1) is 5.41 Å². The van der Waals surface area contributed by atoms with E-state index in [1.165, 1.54) is 6.20 Å². The molecule has 0 spiro atoms. The van der Waals surface area contributed by atoms with E-state index in [9.17, 15) is 9.90 Å². The summed E-state index contributed by atoms with van der Waals surface area (Å²) in [6, 6.07) is 12.1. The van der Waals surface area contributed by atoms with E-state index in [1.54, 1.807) is 42.5 Å². The molecule has 1 aromatic heterocycles. The first-order chi connectivity index (χ1) is 14.9. The summed E-state index contributed by atoms with van der Waals surface area (Å²) in [5.74, 6) is 0.723. The number of carbonyl (C=O) groups is 1. The minimum Gasteiger partial charge on any atom is -0.503 e. The molecule has 1 amide bonds. The number of amides is 1. The summed E-state index contributed by atoms with van der Waals surface area (Å²) in [5.41, 5.74) is 8.11. The molecule has 0 atom stereocenters. The van der Waals surface area contributed by atoms with Crippen molar-refractivity contribution in [1.82, 2.24) is 15.3 Å². The second-order valence-electron chi connectivity index (χ2n) is 7.08. The van der Waals surface area contributed by atoms with Gasteiger partial charge in [0, 0.05) is 34.8 Å². The normalized spacial score (nSPS) is 10.5. The van der Waals surface area contributed by atoms with E-state index < -0.39 is 0 Å². The van der Waals surface area contributed by atoms with E-state index in [-0.39, 0.29) is 30.1 Å². The number of benzene rings is 2. The SMILES string of the molecule is CC(C)NC(=O)COc1cccc(-c2ncc(O)c(Nc3ccc(N)c(C=N)c3)n2)c1. The summed E-state index contributed by atoms with van der Waals surface area (Å²) in [6.45, 7) is 3.66. The van der Waals surface area contributed by atoms with Crippen molar-refractivity contribution in [3.63, 3.8) is 0 Å². The van der Waals surface area contributed by atoms with Crippen LogP contribution in [0.1, 0.15) is 19.4 Å². The molecule has 0 unspecified atom stereocenters. The highest BCUT2D eigenvalue weighted by molar-refractivity contribution is 5.87. The Morgan fingerprint density at radius 2 is 2.10 bits per heavy atom. The van der Waals surface area contributed by atoms with Gasteiger partial charge in [-0.3, -0.25) is 4.79 Å². The van der Waals surface area contributed by atoms with Gasteiger partial charge in [0.05, 0.1) is 6.20 Å². The van der Waals surface area contributed by atoms with Crippen LogP contribution in [0.2, 0.25) is 0 Å². The first-order valence-electron chi connectivity index (χ1n) is 9.61. The predicted octanol–water partition coefficient (Wildman–Crippen LogP) is 3.08. The smallest absolute Gasteiger partial charge is 0.258 e. The van der Waals surface area contributed by atoms with E-state index in [2.05, 4.69) is 20.6 Å². The zero-order valence-electron chi connectivity index (χ0n) is 17.2. The van der Waals surface area contributed by atoms with Gasteiger partial charge in [0.25, 0.3) is 5.91 Å². The van der Waals surface area contributed by atoms with Crippen molar-refractivity contribution in [2.24, 2.45) is 0 Å². The highest BCUT2D eigenvalue weighted by Crippen LogP contribution is 2.29. The van der Waals surface area contributed by atoms with Crippen molar-refractivity contribution in [2.45, 2.75) is 19.9 Å². The highest BCUT2D eigenvalue weighted by Gasteiger charge is 2.11. The summed E-state index contributed by atoms with van der Waals surface area (Å²) < 4.78 is 5.55. The molecule has 31 heavy (non-hydrogen) atoms. The van der Waals surface area contributed by atoms with Gasteiger partial charge in [-0.15, -0.1) is 0 Å². The van der Waals surface area contributed by atoms with E-state index in [0.717, 1.165) is 6.21 Å². The summed E-state index contributed by atoms with van der Waals surface area (Å²) >= 11 is 0. The lowest BCUT2D eigenvalue weighted by Gasteiger charge is -2.12. The molecule has 0 aliphatic rings. The maximum absolute atomic E-state index is 11.8. The van der Waals surface area contributed by atoms with Gasteiger partial charge in [-0.25, -0.2) is 9.97 Å². The van der Waals surface area contributed by atoms with Gasteiger partial charge in [0.1, 0.15) is 5.75 Å². The third kappa shape index (κ3) is 5.69. The van der Waals surface area contributed by atoms with Crippen LogP contribution in [0.15, 0.2) is 48.7 Å². The third-order valence-electron chi connectivity index (χ3n) is 4.19. The van der Waals surface area contributed by atoms with Crippen molar-refractivity contribution in [1.29, 1.82) is 5.41 Å². The molecule has 0 bridgehead atoms. The number of nitrogen functional groups attached to an aromatic ring is 1. The Balaban J connectivity index is 1.79. The number of hydrogen-bond donors (Lipinski definition) is 5. The summed E-state index contributed by atoms with van der Waals surface area (Å²) in [4.78, 5) is 20.4. The van der Waals surface area contributed by atoms with Crippen molar-refractivity contribution in [3.8, 4) is 22.9 Å². The van der Waals surface area contributed by atoms with Crippen molar-refractivity contribution in [2.75, 3.05) is 17.7 Å². The van der Waals surface area contributed by atoms with Crippen LogP contribution in [0.25, 0.3) is 11.4 Å². The van der Waals surface area contributed by atoms with Gasteiger partial charge >= 0.3 is 0 Å². The zero-order valence-corrected chi connectivity index (χ0v) is 17.2. The number of ether oxygens (including phenoxy) is 1. The Bertz CT molecular complexity index is 1100. The lowest BCUT2D eigenvalue weighted by atomic mass is 10.1. The lowest BCUT2D eigenvalue weighted by Crippen LogP contribution is -2.34. The van der Waals surface area contributed by atoms with Gasteiger partial charge in [-0.1, -0.05) is 12.1 Å². The average molecular weight is 420 g/mol. The van der Waals surface area contributed by atoms with Crippen molar-refractivity contribution >= 4 is 29.3 Å². The maximum atomic E-state index is 11.8. The fourth-order valence-corrected chi connectivity index (χ4v) is 2.76. The Labute approximate surface area is 179 Å². The van der Waals surface area contributed by atoms with Crippen LogP contribution in [0.5, 0.6) is 11.5 Å². The Morgan fingerprint density at radius 1 is 1.29 bits per heavy atom. The molecule has 1 heterocycles. The topological polar surface area (TPSA) is 146 Å². The number of carbonyl (C=O) groups excluding carboxylic acids is 1. The minimum atomic E-state index is -0.208. The molecule has 0 aliphatic carbocycles. The quantitative estimate of drug-likeness (QED) is 0.278. The third-order valence-corrected chi connectivity index (χ3v) is 4.19. The molecular weight excluding hydrogens is 396 g/mol. The van der Waals surface area contributed by atoms with Crippen LogP contribution >= 0.6 is 0 Å². The first kappa shape index (κ1) is 21.6. The maximum Gasteiger partial charge on any atom is 0.258 e. The number of aromatic hydroxyl groups is 1. The second-order valence-corrected chi connectivity index (χ2v) is 7.08. The molecule has 3 aromatic rings. The molecule has 160 valence electrons. The largest absolute Gasteiger partial charge is 0.503 e. The number of nitrogens with one attached hydrogen (secondary N) is 3. The van der Waals surface area contributed by atoms with E-state index in [1.807, 2.05) is 13.8 Å². The monoisotopic (exact) mass is 420 g/mol. The van der Waals surface area contributed by atoms with Gasteiger partial charge in [-0.05, 0) is 44.2 Å². The molecule has 2 aromatic carbocycles. The number of anilines is 3. The second kappa shape index (κ2) is 9.57. The van der Waals surface area contributed by atoms with Crippen LogP contribution in [0.4, 0.5) is 17.2 Å². The zero-order chi connectivity index (χ0) is 22.4. The molecule has 6 N–H and O–H groups in total. The first-order valence-corrected chi connectivity index (χ1v) is 9.61. The van der Waals surface area contributed by atoms with Crippen LogP contribution < -0.4 is 21.1 Å². The Hall–Kier alpha value is -4.14. The Kier molecular flexibility index (Phi) is 6.66. The molecule has 0 radical (unpaired) electrons. The van der Waals surface area contributed by atoms with Gasteiger partial charge in [0.15, 0.2) is 24.0 Å². The Morgan fingerprint density at radius 3 is 2.84 bits per heavy atom. The van der Waals surface area contributed by atoms with Crippen LogP contribution in [0.3, 0.4) is 0 Å². The van der Waals surface area contributed by atoms with Crippen LogP contribution in [-0.2, 0) is 4.79 Å². The van der Waals surface area contributed by atoms with Gasteiger partial charge in [-0.2, -0.15) is 0 Å². The summed E-state index contributed by atoms with van der Waals surface area (Å²) in [7, 11) is 0. The fourth-order valence-electron chi connectivity index (χ4n) is 2.76. The molecule has 0 aliphatic heterocycles. The average Bonchev–Trinajstić information content (AvgIpc) is 2.75. The van der Waals surface area contributed by atoms with E-state index in [4.69, 9.17) is 15.9 Å². The van der Waals surface area contributed by atoms with Crippen LogP contribution in [-0.4, -0.2) is 39.8 Å². The van der Waals surface area contributed by atoms with Crippen molar-refractivity contribution in [3.05, 3.63) is 54.2 Å². The van der Waals surface area contributed by atoms with Crippen molar-refractivity contribution < 1.29 is 14.6 Å². The number of aromatic nitrogens is 2. The number of nitrogens with two attached hydrogens (primary N) is 1. The number of nitrogens with zero attached hydrogens (tertiary/aromatic N) is 2. The molecule has 0 saturated carbocycles. The number of hydrogen-bond acceptors (Lipinski definition) is 8. The predicted molar refractivity (Wildman–Crippen MR) is 120 cm³/mol. The van der Waals surface area contributed by atoms with Gasteiger partial charge in [0.2, 0.25) is 0 Å². The fraction of sp³-hybridized carbons (Fsp3) is 0.182. The molecule has 9 heteroatoms. The molecule has 3 rings (SSSR count). The minimum absolute atomic E-state index is 0.0369. The lowest BCUT2D eigenvalue weighted by molar-refractivity contribution is -0.123. The molecular formula is C22H24N6O3. The summed E-state index contributed by atoms with van der Waals surface area (Å²) in [6.07, 6.45) is 2.45. The van der Waals surface area contributed by atoms with E-state index >= 15 is 0 Å². The molecule has 9 nitrogen and oxygen atoms in total.